The van der Waals surface area contributed by atoms with Crippen LogP contribution in [-0.4, -0.2) is 122 Å². The summed E-state index contributed by atoms with van der Waals surface area (Å²) in [5.41, 5.74) is 6.56. The molecule has 16 heteroatoms. The Morgan fingerprint density at radius 3 is 2.24 bits per heavy atom. The second-order valence-electron chi connectivity index (χ2n) is 17.3. The monoisotopic (exact) mass is 895 g/mol. The zero-order valence-electron chi connectivity index (χ0n) is 38.9. The number of imide groups is 1. The first-order chi connectivity index (χ1) is 30.2. The van der Waals surface area contributed by atoms with E-state index in [2.05, 4.69) is 36.6 Å². The number of carbonyl (C=O) groups excluding carboxylic acids is 5. The summed E-state index contributed by atoms with van der Waals surface area (Å²) < 4.78 is 28.4. The summed E-state index contributed by atoms with van der Waals surface area (Å²) >= 11 is 0. The molecule has 2 aliphatic carbocycles. The molecule has 4 atom stereocenters. The molecule has 1 aromatic carbocycles. The van der Waals surface area contributed by atoms with E-state index in [1.54, 1.807) is 15.3 Å². The summed E-state index contributed by atoms with van der Waals surface area (Å²) in [6.45, 7) is 17.2. The predicted octanol–water partition coefficient (Wildman–Crippen LogP) is 5.90. The summed E-state index contributed by atoms with van der Waals surface area (Å²) in [5, 5.41) is 1.77. The Labute approximate surface area is 376 Å². The summed E-state index contributed by atoms with van der Waals surface area (Å²) in [6.07, 6.45) is 13.9. The maximum Gasteiger partial charge on any atom is 0.249 e. The number of rotatable bonds is 13. The first-order valence-electron chi connectivity index (χ1n) is 23.3. The molecule has 4 heterocycles. The van der Waals surface area contributed by atoms with Gasteiger partial charge in [-0.15, -0.1) is 0 Å². The second kappa shape index (κ2) is 23.6. The predicted molar refractivity (Wildman–Crippen MR) is 250 cm³/mol. The number of aliphatic imine (C=N–C) groups is 2. The molecular weight excluding hydrogens is 821 g/mol. The molecule has 1 spiro atoms. The second-order valence-corrected chi connectivity index (χ2v) is 19.5. The van der Waals surface area contributed by atoms with Crippen molar-refractivity contribution in [2.75, 3.05) is 38.1 Å². The van der Waals surface area contributed by atoms with Crippen LogP contribution >= 0.6 is 0 Å². The lowest BCUT2D eigenvalue weighted by atomic mass is 9.98. The number of hydrogen-bond donors (Lipinski definition) is 2. The fourth-order valence-electron chi connectivity index (χ4n) is 9.57. The van der Waals surface area contributed by atoms with Crippen LogP contribution in [0.4, 0.5) is 5.69 Å². The highest BCUT2D eigenvalue weighted by Gasteiger charge is 2.62. The highest BCUT2D eigenvalue weighted by Crippen LogP contribution is 2.59. The maximum absolute atomic E-state index is 13.5. The maximum atomic E-state index is 13.5. The van der Waals surface area contributed by atoms with Crippen LogP contribution < -0.4 is 16.0 Å². The van der Waals surface area contributed by atoms with Crippen LogP contribution in [0.25, 0.3) is 0 Å². The molecule has 0 radical (unpaired) electrons. The van der Waals surface area contributed by atoms with E-state index in [1.807, 2.05) is 50.1 Å². The molecule has 7 rings (SSSR count). The highest BCUT2D eigenvalue weighted by molar-refractivity contribution is 7.89. The van der Waals surface area contributed by atoms with Gasteiger partial charge in [-0.1, -0.05) is 71.6 Å². The molecule has 0 bridgehead atoms. The van der Waals surface area contributed by atoms with Crippen molar-refractivity contribution in [3.8, 4) is 0 Å². The molecule has 2 saturated carbocycles. The van der Waals surface area contributed by atoms with Crippen molar-refractivity contribution in [1.82, 2.24) is 19.4 Å². The lowest BCUT2D eigenvalue weighted by Gasteiger charge is -2.33. The van der Waals surface area contributed by atoms with Crippen LogP contribution in [0, 0.1) is 18.3 Å². The number of amides is 5. The number of sulfonamides is 1. The van der Waals surface area contributed by atoms with Gasteiger partial charge in [-0.25, -0.2) is 17.7 Å². The van der Waals surface area contributed by atoms with Crippen molar-refractivity contribution in [1.29, 1.82) is 0 Å². The van der Waals surface area contributed by atoms with Crippen molar-refractivity contribution >= 4 is 58.2 Å². The van der Waals surface area contributed by atoms with Crippen LogP contribution in [0.1, 0.15) is 136 Å². The number of nitrogens with one attached hydrogen (secondary N) is 1. The third-order valence-corrected chi connectivity index (χ3v) is 15.6. The van der Waals surface area contributed by atoms with Gasteiger partial charge in [0.15, 0.2) is 0 Å². The molecule has 5 fully saturated rings. The Morgan fingerprint density at radius 1 is 0.984 bits per heavy atom. The van der Waals surface area contributed by atoms with Gasteiger partial charge in [0.25, 0.3) is 0 Å². The summed E-state index contributed by atoms with van der Waals surface area (Å²) in [6, 6.07) is 6.98. The van der Waals surface area contributed by atoms with Gasteiger partial charge in [0, 0.05) is 69.5 Å². The summed E-state index contributed by atoms with van der Waals surface area (Å²) in [5.74, 6) is 0.504. The van der Waals surface area contributed by atoms with Crippen LogP contribution in [-0.2, 0) is 34.0 Å². The number of para-hydroxylation sites is 1. The van der Waals surface area contributed by atoms with Crippen molar-refractivity contribution in [2.24, 2.45) is 27.1 Å². The first kappa shape index (κ1) is 51.4. The molecule has 3 N–H and O–H groups in total. The minimum Gasteiger partial charge on any atom is -0.341 e. The smallest absolute Gasteiger partial charge is 0.249 e. The van der Waals surface area contributed by atoms with E-state index < -0.39 is 32.6 Å². The zero-order chi connectivity index (χ0) is 46.5. The van der Waals surface area contributed by atoms with Crippen molar-refractivity contribution in [3.63, 3.8) is 0 Å². The van der Waals surface area contributed by atoms with Crippen LogP contribution in [0.2, 0.25) is 0 Å². The number of anilines is 1. The first-order valence-corrected chi connectivity index (χ1v) is 24.9. The lowest BCUT2D eigenvalue weighted by Crippen LogP contribution is -2.54. The largest absolute Gasteiger partial charge is 0.341 e. The molecular formula is C47H74N8O7S. The normalized spacial score (nSPS) is 24.6. The van der Waals surface area contributed by atoms with Crippen molar-refractivity contribution in [2.45, 2.75) is 161 Å². The van der Waals surface area contributed by atoms with Gasteiger partial charge in [0.2, 0.25) is 39.6 Å². The minimum atomic E-state index is -3.46. The van der Waals surface area contributed by atoms with E-state index >= 15 is 0 Å². The fraction of sp³-hybridized carbons (Fsp3) is 0.681. The van der Waals surface area contributed by atoms with Crippen LogP contribution in [0.5, 0.6) is 0 Å². The molecule has 15 nitrogen and oxygen atoms in total. The minimum absolute atomic E-state index is 0.0140. The lowest BCUT2D eigenvalue weighted by molar-refractivity contribution is -0.136. The summed E-state index contributed by atoms with van der Waals surface area (Å²) in [4.78, 5) is 75.4. The van der Waals surface area contributed by atoms with Crippen LogP contribution in [0.3, 0.4) is 0 Å². The third-order valence-electron chi connectivity index (χ3n) is 13.3. The van der Waals surface area contributed by atoms with Gasteiger partial charge < -0.3 is 10.6 Å². The molecule has 63 heavy (non-hydrogen) atoms. The fourth-order valence-corrected chi connectivity index (χ4v) is 11.5. The zero-order valence-corrected chi connectivity index (χ0v) is 39.8. The van der Waals surface area contributed by atoms with E-state index in [0.29, 0.717) is 75.7 Å². The van der Waals surface area contributed by atoms with E-state index in [4.69, 9.17) is 4.99 Å². The average Bonchev–Trinajstić information content (AvgIpc) is 3.60. The molecule has 5 amide bonds. The number of piperidine rings is 2. The molecule has 0 aromatic heterocycles. The molecule has 350 valence electrons. The number of hydrogen-bond acceptors (Lipinski definition) is 10. The Balaban J connectivity index is 0.000000317. The van der Waals surface area contributed by atoms with Gasteiger partial charge in [0.05, 0.1) is 16.7 Å². The van der Waals surface area contributed by atoms with Gasteiger partial charge >= 0.3 is 0 Å². The average molecular weight is 895 g/mol. The molecule has 6 aliphatic rings. The van der Waals surface area contributed by atoms with E-state index in [0.717, 1.165) is 68.9 Å². The number of nitrogens with zero attached hydrogens (tertiary/aromatic N) is 6. The number of unbranched alkanes of at least 4 members (excludes halogenated alkanes) is 3. The summed E-state index contributed by atoms with van der Waals surface area (Å²) in [7, 11) is -1.96. The number of likely N-dealkylation sites (tertiary alicyclic amines) is 1. The number of nitrogens with two attached hydrogens (primary N) is 1. The molecule has 4 aliphatic heterocycles. The number of carbonyl (C=O) groups is 5. The highest BCUT2D eigenvalue weighted by atomic mass is 32.2. The standard InChI is InChI=1S/C30H47N5O4S.C14H16N2O3.C2H6.CH5N/c1-4-5-6-7-11-27(36)33-17-14-24(21-33)40(38,39)34-18-12-23(13-19-34)32-20-25-28(31-3)35(26-10-8-9-22(26)2)29(37)30(25)15-16-30;1-9-5-3-4-6-11(9)16(10(2)17)12-7-8-13(18)15-14(12)19;2*1-2/h20,22-24,26H,3-19,21H2,1-2H3;3-6,12H,7-8H2,1-2H3,(H,15,18,19);1-2H3;2H2,1H3. The Hall–Kier alpha value is -4.28. The Kier molecular flexibility index (Phi) is 19.2. The van der Waals surface area contributed by atoms with E-state index in [-0.39, 0.29) is 42.1 Å². The molecule has 3 saturated heterocycles. The Morgan fingerprint density at radius 2 is 1.67 bits per heavy atom. The van der Waals surface area contributed by atoms with Gasteiger partial charge in [-0.2, -0.15) is 0 Å². The third kappa shape index (κ3) is 11.9. The van der Waals surface area contributed by atoms with Crippen molar-refractivity contribution in [3.05, 3.63) is 41.2 Å². The van der Waals surface area contributed by atoms with Gasteiger partial charge in [0.1, 0.15) is 11.9 Å². The molecule has 1 aromatic rings. The van der Waals surface area contributed by atoms with Crippen molar-refractivity contribution < 1.29 is 32.4 Å². The van der Waals surface area contributed by atoms with Crippen LogP contribution in [0.15, 0.2) is 45.6 Å². The Bertz CT molecular complexity index is 1960. The van der Waals surface area contributed by atoms with E-state index in [1.165, 1.54) is 18.9 Å². The SMILES string of the molecule is C=NC1=C(C=NC2CCN(S(=O)(=O)C3CCN(C(=O)CCCCCC)C3)CC2)C2(CC2)C(=O)N1C1CCCC1C.CC.CC(=O)N(c1ccccc1C)C1CCC(=O)NC1=O.CN. The van der Waals surface area contributed by atoms with E-state index in [9.17, 15) is 32.4 Å². The van der Waals surface area contributed by atoms with Gasteiger partial charge in [-0.3, -0.25) is 44.1 Å². The topological polar surface area (TPSA) is 195 Å². The molecule has 4 unspecified atom stereocenters. The number of aryl methyl sites for hydroxylation is 1. The quantitative estimate of drug-likeness (QED) is 0.139. The van der Waals surface area contributed by atoms with Gasteiger partial charge in [-0.05, 0) is 96.0 Å². The number of benzene rings is 1.